The van der Waals surface area contributed by atoms with E-state index in [2.05, 4.69) is 38.2 Å². The van der Waals surface area contributed by atoms with Gasteiger partial charge in [0.25, 0.3) is 0 Å². The maximum Gasteiger partial charge on any atom is 0.306 e. The number of ether oxygens (including phenoxy) is 2. The van der Waals surface area contributed by atoms with Gasteiger partial charge in [-0.3, -0.25) is 9.59 Å². The first kappa shape index (κ1) is 48.4. The van der Waals surface area contributed by atoms with E-state index in [1.165, 1.54) is 167 Å². The fourth-order valence-electron chi connectivity index (χ4n) is 6.37. The largest absolute Gasteiger partial charge is 0.462 e. The molecule has 0 bridgehead atoms. The molecule has 294 valence electrons. The highest BCUT2D eigenvalue weighted by atomic mass is 16.6. The van der Waals surface area contributed by atoms with E-state index in [1.807, 2.05) is 0 Å². The molecule has 0 rings (SSSR count). The minimum atomic E-state index is -0.771. The van der Waals surface area contributed by atoms with Gasteiger partial charge in [0.1, 0.15) is 6.61 Å². The first-order chi connectivity index (χ1) is 24.6. The van der Waals surface area contributed by atoms with E-state index in [-0.39, 0.29) is 25.2 Å². The number of carbonyl (C=O) groups excluding carboxylic acids is 2. The Morgan fingerprint density at radius 2 is 0.740 bits per heavy atom. The van der Waals surface area contributed by atoms with Crippen LogP contribution in [0.3, 0.4) is 0 Å². The summed E-state index contributed by atoms with van der Waals surface area (Å²) < 4.78 is 10.6. The number of esters is 2. The zero-order valence-corrected chi connectivity index (χ0v) is 33.4. The standard InChI is InChI=1S/C45H84O5/c1-3-5-7-9-11-13-15-17-19-21-22-24-26-28-30-32-34-36-38-40-45(48)50-43(41-46)42-49-44(47)39-37-35-33-31-29-27-25-23-20-18-16-14-12-10-8-6-4-2/h17-20,43,46H,3-16,21-42H2,1-2H3/b19-17-,20-18-. The fraction of sp³-hybridized carbons (Fsp3) is 0.867. The Bertz CT molecular complexity index is 761. The Labute approximate surface area is 311 Å². The van der Waals surface area contributed by atoms with Crippen LogP contribution in [0.1, 0.15) is 232 Å². The summed E-state index contributed by atoms with van der Waals surface area (Å²) in [5, 5.41) is 9.58. The average molecular weight is 705 g/mol. The third kappa shape index (κ3) is 39.2. The van der Waals surface area contributed by atoms with E-state index < -0.39 is 6.10 Å². The Morgan fingerprint density at radius 3 is 1.08 bits per heavy atom. The SMILES string of the molecule is CCCCCCCC/C=C\CCCCCCCCCCCC(=O)OC(CO)COC(=O)CCCCCCCCC/C=C\CCCCCCCC. The second kappa shape index (κ2) is 41.8. The molecule has 5 nitrogen and oxygen atoms in total. The minimum Gasteiger partial charge on any atom is -0.462 e. The lowest BCUT2D eigenvalue weighted by Crippen LogP contribution is -2.28. The number of hydrogen-bond acceptors (Lipinski definition) is 5. The van der Waals surface area contributed by atoms with Crippen molar-refractivity contribution in [3.8, 4) is 0 Å². The summed E-state index contributed by atoms with van der Waals surface area (Å²) in [7, 11) is 0. The van der Waals surface area contributed by atoms with Gasteiger partial charge in [-0.05, 0) is 64.2 Å². The maximum atomic E-state index is 12.2. The predicted molar refractivity (Wildman–Crippen MR) is 215 cm³/mol. The van der Waals surface area contributed by atoms with E-state index in [0.717, 1.165) is 38.5 Å². The van der Waals surface area contributed by atoms with Crippen LogP contribution < -0.4 is 0 Å². The number of allylic oxidation sites excluding steroid dienone is 4. The monoisotopic (exact) mass is 705 g/mol. The Hall–Kier alpha value is -1.62. The van der Waals surface area contributed by atoms with Crippen molar-refractivity contribution >= 4 is 11.9 Å². The molecular weight excluding hydrogens is 620 g/mol. The number of aliphatic hydroxyl groups excluding tert-OH is 1. The van der Waals surface area contributed by atoms with Gasteiger partial charge in [-0.1, -0.05) is 179 Å². The van der Waals surface area contributed by atoms with Crippen LogP contribution in [0.25, 0.3) is 0 Å². The molecule has 0 aromatic carbocycles. The van der Waals surface area contributed by atoms with Crippen molar-refractivity contribution in [1.82, 2.24) is 0 Å². The minimum absolute atomic E-state index is 0.0655. The van der Waals surface area contributed by atoms with Crippen molar-refractivity contribution in [2.75, 3.05) is 13.2 Å². The van der Waals surface area contributed by atoms with Gasteiger partial charge < -0.3 is 14.6 Å². The van der Waals surface area contributed by atoms with Crippen molar-refractivity contribution in [1.29, 1.82) is 0 Å². The second-order valence-corrected chi connectivity index (χ2v) is 14.8. The highest BCUT2D eigenvalue weighted by Crippen LogP contribution is 2.14. The Balaban J connectivity index is 3.52. The van der Waals surface area contributed by atoms with Crippen LogP contribution in [0.5, 0.6) is 0 Å². The van der Waals surface area contributed by atoms with E-state index in [0.29, 0.717) is 12.8 Å². The molecule has 0 aromatic heterocycles. The van der Waals surface area contributed by atoms with Crippen LogP contribution in [-0.2, 0) is 19.1 Å². The molecule has 0 heterocycles. The number of unbranched alkanes of at least 4 members (excludes halogenated alkanes) is 28. The van der Waals surface area contributed by atoms with E-state index >= 15 is 0 Å². The van der Waals surface area contributed by atoms with Crippen LogP contribution in [0, 0.1) is 0 Å². The van der Waals surface area contributed by atoms with E-state index in [9.17, 15) is 14.7 Å². The van der Waals surface area contributed by atoms with Crippen LogP contribution in [0.4, 0.5) is 0 Å². The molecule has 0 aromatic rings. The summed E-state index contributed by atoms with van der Waals surface area (Å²) in [6.45, 7) is 4.14. The third-order valence-corrected chi connectivity index (χ3v) is 9.72. The lowest BCUT2D eigenvalue weighted by atomic mass is 10.1. The molecule has 0 fully saturated rings. The van der Waals surface area contributed by atoms with Gasteiger partial charge in [0.2, 0.25) is 0 Å². The molecule has 5 heteroatoms. The van der Waals surface area contributed by atoms with E-state index in [4.69, 9.17) is 9.47 Å². The van der Waals surface area contributed by atoms with E-state index in [1.54, 1.807) is 0 Å². The van der Waals surface area contributed by atoms with Gasteiger partial charge in [-0.25, -0.2) is 0 Å². The van der Waals surface area contributed by atoms with Crippen molar-refractivity contribution in [2.24, 2.45) is 0 Å². The van der Waals surface area contributed by atoms with Crippen molar-refractivity contribution in [2.45, 2.75) is 238 Å². The molecule has 50 heavy (non-hydrogen) atoms. The van der Waals surface area contributed by atoms with Gasteiger partial charge in [0.15, 0.2) is 6.10 Å². The molecule has 0 saturated carbocycles. The molecule has 0 aliphatic rings. The lowest BCUT2D eigenvalue weighted by molar-refractivity contribution is -0.161. The topological polar surface area (TPSA) is 72.8 Å². The third-order valence-electron chi connectivity index (χ3n) is 9.72. The number of carbonyl (C=O) groups is 2. The van der Waals surface area contributed by atoms with Crippen molar-refractivity contribution in [3.63, 3.8) is 0 Å². The summed E-state index contributed by atoms with van der Waals surface area (Å²) in [5.41, 5.74) is 0. The average Bonchev–Trinajstić information content (AvgIpc) is 3.12. The predicted octanol–water partition coefficient (Wildman–Crippen LogP) is 13.8. The second-order valence-electron chi connectivity index (χ2n) is 14.8. The van der Waals surface area contributed by atoms with Crippen LogP contribution in [-0.4, -0.2) is 36.4 Å². The molecule has 1 N–H and O–H groups in total. The van der Waals surface area contributed by atoms with Crippen molar-refractivity contribution in [3.05, 3.63) is 24.3 Å². The summed E-state index contributed by atoms with van der Waals surface area (Å²) in [4.78, 5) is 24.3. The fourth-order valence-corrected chi connectivity index (χ4v) is 6.37. The maximum absolute atomic E-state index is 12.2. The highest BCUT2D eigenvalue weighted by molar-refractivity contribution is 5.70. The Morgan fingerprint density at radius 1 is 0.440 bits per heavy atom. The molecule has 0 aliphatic heterocycles. The van der Waals surface area contributed by atoms with Gasteiger partial charge in [0, 0.05) is 12.8 Å². The van der Waals surface area contributed by atoms with Crippen LogP contribution in [0.2, 0.25) is 0 Å². The number of rotatable bonds is 40. The molecule has 0 spiro atoms. The molecule has 0 amide bonds. The summed E-state index contributed by atoms with van der Waals surface area (Å²) in [6, 6.07) is 0. The molecule has 1 unspecified atom stereocenters. The summed E-state index contributed by atoms with van der Waals surface area (Å²) in [5.74, 6) is -0.590. The van der Waals surface area contributed by atoms with Gasteiger partial charge in [0.05, 0.1) is 6.61 Å². The van der Waals surface area contributed by atoms with Crippen LogP contribution >= 0.6 is 0 Å². The first-order valence-electron chi connectivity index (χ1n) is 21.9. The summed E-state index contributed by atoms with van der Waals surface area (Å²) >= 11 is 0. The van der Waals surface area contributed by atoms with Gasteiger partial charge in [-0.15, -0.1) is 0 Å². The highest BCUT2D eigenvalue weighted by Gasteiger charge is 2.16. The molecule has 0 radical (unpaired) electrons. The normalized spacial score (nSPS) is 12.3. The van der Waals surface area contributed by atoms with Crippen LogP contribution in [0.15, 0.2) is 24.3 Å². The number of aliphatic hydroxyl groups is 1. The smallest absolute Gasteiger partial charge is 0.306 e. The van der Waals surface area contributed by atoms with Gasteiger partial charge >= 0.3 is 11.9 Å². The first-order valence-corrected chi connectivity index (χ1v) is 21.9. The van der Waals surface area contributed by atoms with Crippen molar-refractivity contribution < 1.29 is 24.2 Å². The summed E-state index contributed by atoms with van der Waals surface area (Å²) in [6.07, 6.45) is 49.6. The quantitative estimate of drug-likeness (QED) is 0.0390. The molecule has 0 saturated heterocycles. The molecular formula is C45H84O5. The Kier molecular flexibility index (Phi) is 40.4. The zero-order valence-electron chi connectivity index (χ0n) is 33.4. The zero-order chi connectivity index (χ0) is 36.4. The lowest BCUT2D eigenvalue weighted by Gasteiger charge is -2.15. The number of hydrogen-bond donors (Lipinski definition) is 1. The molecule has 0 aliphatic carbocycles. The molecule has 1 atom stereocenters. The van der Waals surface area contributed by atoms with Gasteiger partial charge in [-0.2, -0.15) is 0 Å².